The Bertz CT molecular complexity index is 352. The average Bonchev–Trinajstić information content (AvgIpc) is 2.27. The van der Waals surface area contributed by atoms with Crippen molar-refractivity contribution in [3.8, 4) is 0 Å². The van der Waals surface area contributed by atoms with Crippen molar-refractivity contribution in [1.82, 2.24) is 0 Å². The molecule has 0 fully saturated rings. The summed E-state index contributed by atoms with van der Waals surface area (Å²) in [5, 5.41) is 11.7. The van der Waals surface area contributed by atoms with Crippen molar-refractivity contribution in [3.05, 3.63) is 29.8 Å². The molecule has 1 aromatic carbocycles. The van der Waals surface area contributed by atoms with Gasteiger partial charge in [0.2, 0.25) is 0 Å². The van der Waals surface area contributed by atoms with Gasteiger partial charge in [0, 0.05) is 4.90 Å². The lowest BCUT2D eigenvalue weighted by Crippen LogP contribution is -2.25. The van der Waals surface area contributed by atoms with E-state index in [9.17, 15) is 0 Å². The van der Waals surface area contributed by atoms with Crippen LogP contribution in [0.2, 0.25) is 0 Å². The standard InChI is InChI=1S/C11H16N2OS/c1-3-9(11(12)13-14)15-10-7-5-4-6-8(10)2/h4-7,9,14H,3H2,1-2H3,(H2,12,13). The molecule has 0 aliphatic rings. The lowest BCUT2D eigenvalue weighted by atomic mass is 10.2. The molecule has 0 radical (unpaired) electrons. The number of benzene rings is 1. The number of nitrogens with two attached hydrogens (primary N) is 1. The van der Waals surface area contributed by atoms with Crippen LogP contribution in [0.3, 0.4) is 0 Å². The lowest BCUT2D eigenvalue weighted by molar-refractivity contribution is 0.317. The Balaban J connectivity index is 2.80. The van der Waals surface area contributed by atoms with Crippen LogP contribution >= 0.6 is 11.8 Å². The van der Waals surface area contributed by atoms with Crippen LogP contribution in [0.1, 0.15) is 18.9 Å². The van der Waals surface area contributed by atoms with E-state index in [1.54, 1.807) is 11.8 Å². The topological polar surface area (TPSA) is 58.6 Å². The number of oxime groups is 1. The van der Waals surface area contributed by atoms with Gasteiger partial charge in [-0.1, -0.05) is 30.3 Å². The molecule has 0 aromatic heterocycles. The van der Waals surface area contributed by atoms with Gasteiger partial charge < -0.3 is 10.9 Å². The highest BCUT2D eigenvalue weighted by Gasteiger charge is 2.14. The number of hydrogen-bond acceptors (Lipinski definition) is 3. The van der Waals surface area contributed by atoms with E-state index in [0.29, 0.717) is 0 Å². The second-order valence-corrected chi connectivity index (χ2v) is 4.55. The number of aryl methyl sites for hydroxylation is 1. The van der Waals surface area contributed by atoms with Gasteiger partial charge in [0.1, 0.15) is 0 Å². The average molecular weight is 224 g/mol. The van der Waals surface area contributed by atoms with Crippen LogP contribution in [-0.2, 0) is 0 Å². The predicted octanol–water partition coefficient (Wildman–Crippen LogP) is 2.61. The fourth-order valence-corrected chi connectivity index (χ4v) is 2.31. The summed E-state index contributed by atoms with van der Waals surface area (Å²) >= 11 is 1.63. The molecule has 1 unspecified atom stereocenters. The van der Waals surface area contributed by atoms with Gasteiger partial charge >= 0.3 is 0 Å². The van der Waals surface area contributed by atoms with Gasteiger partial charge in [0.25, 0.3) is 0 Å². The fraction of sp³-hybridized carbons (Fsp3) is 0.364. The van der Waals surface area contributed by atoms with Crippen LogP contribution in [-0.4, -0.2) is 16.3 Å². The summed E-state index contributed by atoms with van der Waals surface area (Å²) in [6.07, 6.45) is 0.842. The van der Waals surface area contributed by atoms with Crippen molar-refractivity contribution in [2.75, 3.05) is 0 Å². The van der Waals surface area contributed by atoms with Crippen molar-refractivity contribution in [2.24, 2.45) is 10.9 Å². The molecule has 3 nitrogen and oxygen atoms in total. The number of nitrogens with zero attached hydrogens (tertiary/aromatic N) is 1. The van der Waals surface area contributed by atoms with Gasteiger partial charge in [-0.25, -0.2) is 0 Å². The van der Waals surface area contributed by atoms with E-state index in [0.717, 1.165) is 6.42 Å². The molecule has 1 atom stereocenters. The Labute approximate surface area is 94.4 Å². The van der Waals surface area contributed by atoms with Crippen molar-refractivity contribution >= 4 is 17.6 Å². The molecular formula is C11H16N2OS. The summed E-state index contributed by atoms with van der Waals surface area (Å²) in [7, 11) is 0. The molecule has 0 aliphatic carbocycles. The maximum Gasteiger partial charge on any atom is 0.152 e. The molecule has 0 aliphatic heterocycles. The molecule has 0 bridgehead atoms. The fourth-order valence-electron chi connectivity index (χ4n) is 1.26. The SMILES string of the molecule is CCC(Sc1ccccc1C)C(N)=NO. The zero-order chi connectivity index (χ0) is 11.3. The summed E-state index contributed by atoms with van der Waals surface area (Å²) in [5.74, 6) is 0.283. The van der Waals surface area contributed by atoms with Crippen molar-refractivity contribution in [3.63, 3.8) is 0 Å². The zero-order valence-corrected chi connectivity index (χ0v) is 9.79. The molecule has 0 spiro atoms. The van der Waals surface area contributed by atoms with E-state index >= 15 is 0 Å². The number of rotatable bonds is 4. The monoisotopic (exact) mass is 224 g/mol. The third-order valence-corrected chi connectivity index (χ3v) is 3.75. The Morgan fingerprint density at radius 3 is 2.73 bits per heavy atom. The molecule has 0 heterocycles. The van der Waals surface area contributed by atoms with E-state index in [1.807, 2.05) is 25.1 Å². The zero-order valence-electron chi connectivity index (χ0n) is 8.97. The molecule has 1 rings (SSSR count). The van der Waals surface area contributed by atoms with Crippen molar-refractivity contribution in [1.29, 1.82) is 0 Å². The van der Waals surface area contributed by atoms with Crippen LogP contribution in [0.5, 0.6) is 0 Å². The minimum Gasteiger partial charge on any atom is -0.409 e. The smallest absolute Gasteiger partial charge is 0.152 e. The summed E-state index contributed by atoms with van der Waals surface area (Å²) in [6, 6.07) is 8.10. The Hall–Kier alpha value is -1.16. The molecular weight excluding hydrogens is 208 g/mol. The second-order valence-electron chi connectivity index (χ2n) is 3.31. The normalized spacial score (nSPS) is 13.9. The van der Waals surface area contributed by atoms with E-state index in [1.165, 1.54) is 10.5 Å². The van der Waals surface area contributed by atoms with Crippen molar-refractivity contribution < 1.29 is 5.21 Å². The highest BCUT2D eigenvalue weighted by atomic mass is 32.2. The summed E-state index contributed by atoms with van der Waals surface area (Å²) < 4.78 is 0. The maximum absolute atomic E-state index is 8.63. The first-order valence-electron chi connectivity index (χ1n) is 4.88. The number of amidine groups is 1. The lowest BCUT2D eigenvalue weighted by Gasteiger charge is -2.13. The van der Waals surface area contributed by atoms with Crippen molar-refractivity contribution in [2.45, 2.75) is 30.4 Å². The minimum absolute atomic E-state index is 0.0381. The maximum atomic E-state index is 8.63. The summed E-state index contributed by atoms with van der Waals surface area (Å²) in [4.78, 5) is 1.18. The van der Waals surface area contributed by atoms with Gasteiger partial charge in [0.05, 0.1) is 5.25 Å². The van der Waals surface area contributed by atoms with Crippen LogP contribution in [0.4, 0.5) is 0 Å². The van der Waals surface area contributed by atoms with E-state index in [4.69, 9.17) is 10.9 Å². The van der Waals surface area contributed by atoms with E-state index in [-0.39, 0.29) is 11.1 Å². The van der Waals surface area contributed by atoms with Gasteiger partial charge in [-0.05, 0) is 25.0 Å². The van der Waals surface area contributed by atoms with Gasteiger partial charge in [-0.15, -0.1) is 11.8 Å². The summed E-state index contributed by atoms with van der Waals surface area (Å²) in [5.41, 5.74) is 6.82. The van der Waals surface area contributed by atoms with Crippen LogP contribution in [0.15, 0.2) is 34.3 Å². The summed E-state index contributed by atoms with van der Waals surface area (Å²) in [6.45, 7) is 4.08. The molecule has 82 valence electrons. The molecule has 1 aromatic rings. The first-order valence-corrected chi connectivity index (χ1v) is 5.76. The predicted molar refractivity (Wildman–Crippen MR) is 64.5 cm³/mol. The Kier molecular flexibility index (Phi) is 4.49. The quantitative estimate of drug-likeness (QED) is 0.272. The van der Waals surface area contributed by atoms with Gasteiger partial charge in [-0.2, -0.15) is 0 Å². The first-order chi connectivity index (χ1) is 7.19. The molecule has 3 N–H and O–H groups in total. The molecule has 0 saturated heterocycles. The minimum atomic E-state index is 0.0381. The molecule has 0 saturated carbocycles. The highest BCUT2D eigenvalue weighted by molar-refractivity contribution is 8.00. The van der Waals surface area contributed by atoms with E-state index < -0.39 is 0 Å². The first kappa shape index (κ1) is 11.9. The van der Waals surface area contributed by atoms with Crippen LogP contribution < -0.4 is 5.73 Å². The van der Waals surface area contributed by atoms with E-state index in [2.05, 4.69) is 18.1 Å². The molecule has 4 heteroatoms. The van der Waals surface area contributed by atoms with Crippen LogP contribution in [0.25, 0.3) is 0 Å². The van der Waals surface area contributed by atoms with Crippen LogP contribution in [0, 0.1) is 6.92 Å². The largest absolute Gasteiger partial charge is 0.409 e. The second kappa shape index (κ2) is 5.66. The van der Waals surface area contributed by atoms with Gasteiger partial charge in [0.15, 0.2) is 5.84 Å². The number of hydrogen-bond donors (Lipinski definition) is 2. The molecule has 0 amide bonds. The third kappa shape index (κ3) is 3.16. The Morgan fingerprint density at radius 1 is 1.53 bits per heavy atom. The van der Waals surface area contributed by atoms with Gasteiger partial charge in [-0.3, -0.25) is 0 Å². The third-order valence-electron chi connectivity index (χ3n) is 2.18. The number of thioether (sulfide) groups is 1. The molecule has 15 heavy (non-hydrogen) atoms. The Morgan fingerprint density at radius 2 is 2.20 bits per heavy atom. The highest BCUT2D eigenvalue weighted by Crippen LogP contribution is 2.28.